The third-order valence-corrected chi connectivity index (χ3v) is 15.8. The van der Waals surface area contributed by atoms with Crippen LogP contribution in [0.2, 0.25) is 0 Å². The summed E-state index contributed by atoms with van der Waals surface area (Å²) in [4.78, 5) is 2.34. The fourth-order valence-corrected chi connectivity index (χ4v) is 11.9. The second kappa shape index (κ2) is 19.3. The van der Waals surface area contributed by atoms with Crippen molar-refractivity contribution in [3.63, 3.8) is 0 Å². The summed E-state index contributed by atoms with van der Waals surface area (Å²) in [6, 6.07) is 110. The molecule has 0 aliphatic heterocycles. The maximum absolute atomic E-state index is 6.46. The van der Waals surface area contributed by atoms with Crippen LogP contribution in [0.3, 0.4) is 0 Å². The molecule has 15 rings (SSSR count). The van der Waals surface area contributed by atoms with Gasteiger partial charge < -0.3 is 13.9 Å². The van der Waals surface area contributed by atoms with E-state index in [1.807, 2.05) is 12.1 Å². The standard InChI is InChI=1S/C76H50N2O/c1-3-15-51(16-4-1)54-33-41-61(42-34-54)77(63-45-37-58(38-46-63)67-25-14-26-70-69-23-10-12-28-75(69)79-76(67)70)62-43-35-55(36-44-62)53-29-31-57(32-30-53)66-22-9-11-27-72(66)78-73-48-40-59(52-17-5-2-6-18-52)49-71(73)68-47-39-60(50-74(68)78)65-24-13-20-56-19-7-8-21-64(56)65/h1-50H. The Labute approximate surface area is 458 Å². The Morgan fingerprint density at radius 3 is 1.43 bits per heavy atom. The Morgan fingerprint density at radius 1 is 0.253 bits per heavy atom. The molecule has 13 aromatic carbocycles. The Hall–Kier alpha value is -10.5. The van der Waals surface area contributed by atoms with Gasteiger partial charge in [-0.15, -0.1) is 0 Å². The van der Waals surface area contributed by atoms with E-state index in [1.54, 1.807) is 0 Å². The number of rotatable bonds is 10. The quantitative estimate of drug-likeness (QED) is 0.136. The lowest BCUT2D eigenvalue weighted by Gasteiger charge is -2.26. The van der Waals surface area contributed by atoms with E-state index >= 15 is 0 Å². The summed E-state index contributed by atoms with van der Waals surface area (Å²) in [5, 5.41) is 7.20. The van der Waals surface area contributed by atoms with Gasteiger partial charge in [0, 0.05) is 49.7 Å². The number of anilines is 3. The van der Waals surface area contributed by atoms with Gasteiger partial charge in [0.25, 0.3) is 0 Å². The molecule has 370 valence electrons. The topological polar surface area (TPSA) is 21.3 Å². The second-order valence-electron chi connectivity index (χ2n) is 20.4. The van der Waals surface area contributed by atoms with Crippen LogP contribution in [0, 0.1) is 0 Å². The molecule has 0 bridgehead atoms. The van der Waals surface area contributed by atoms with Crippen LogP contribution < -0.4 is 4.90 Å². The number of hydrogen-bond donors (Lipinski definition) is 0. The molecule has 3 heteroatoms. The van der Waals surface area contributed by atoms with Crippen LogP contribution in [0.4, 0.5) is 17.1 Å². The van der Waals surface area contributed by atoms with Gasteiger partial charge in [0.2, 0.25) is 0 Å². The molecule has 0 fully saturated rings. The fourth-order valence-electron chi connectivity index (χ4n) is 11.9. The summed E-state index contributed by atoms with van der Waals surface area (Å²) in [7, 11) is 0. The molecular formula is C76H50N2O. The van der Waals surface area contributed by atoms with Gasteiger partial charge in [-0.25, -0.2) is 0 Å². The highest BCUT2D eigenvalue weighted by molar-refractivity contribution is 6.13. The molecule has 15 aromatic rings. The van der Waals surface area contributed by atoms with Gasteiger partial charge in [-0.05, 0) is 133 Å². The van der Waals surface area contributed by atoms with Gasteiger partial charge in [-0.1, -0.05) is 237 Å². The maximum Gasteiger partial charge on any atom is 0.143 e. The van der Waals surface area contributed by atoms with E-state index in [0.29, 0.717) is 0 Å². The predicted octanol–water partition coefficient (Wildman–Crippen LogP) is 21.3. The zero-order chi connectivity index (χ0) is 52.2. The Bertz CT molecular complexity index is 4720. The van der Waals surface area contributed by atoms with Crippen LogP contribution in [0.25, 0.3) is 127 Å². The van der Waals surface area contributed by atoms with E-state index in [0.717, 1.165) is 72.5 Å². The Balaban J connectivity index is 0.784. The van der Waals surface area contributed by atoms with Crippen LogP contribution in [0.15, 0.2) is 308 Å². The SMILES string of the molecule is c1ccc(-c2ccc(N(c3ccc(-c4ccc(-c5ccccc5-n5c6ccc(-c7ccccc7)cc6c6ccc(-c7cccc8ccccc78)cc65)cc4)cc3)c3ccc(-c4cccc5c4oc4ccccc45)cc3)cc2)cc1. The van der Waals surface area contributed by atoms with Crippen LogP contribution in [-0.4, -0.2) is 4.57 Å². The molecule has 0 saturated heterocycles. The fraction of sp³-hybridized carbons (Fsp3) is 0. The normalized spacial score (nSPS) is 11.5. The zero-order valence-electron chi connectivity index (χ0n) is 43.2. The summed E-state index contributed by atoms with van der Waals surface area (Å²) < 4.78 is 8.94. The highest BCUT2D eigenvalue weighted by Crippen LogP contribution is 2.43. The summed E-state index contributed by atoms with van der Waals surface area (Å²) >= 11 is 0. The van der Waals surface area contributed by atoms with E-state index in [2.05, 4.69) is 301 Å². The van der Waals surface area contributed by atoms with Crippen molar-refractivity contribution in [2.45, 2.75) is 0 Å². The van der Waals surface area contributed by atoms with Gasteiger partial charge in [0.1, 0.15) is 11.2 Å². The number of benzene rings is 13. The van der Waals surface area contributed by atoms with Crippen molar-refractivity contribution >= 4 is 71.6 Å². The number of furan rings is 1. The molecule has 0 atom stereocenters. The second-order valence-corrected chi connectivity index (χ2v) is 20.4. The van der Waals surface area contributed by atoms with Gasteiger partial charge in [-0.3, -0.25) is 0 Å². The number of aromatic nitrogens is 1. The monoisotopic (exact) mass is 1010 g/mol. The number of para-hydroxylation sites is 3. The first-order valence-corrected chi connectivity index (χ1v) is 27.1. The molecule has 0 aliphatic rings. The molecule has 0 radical (unpaired) electrons. The maximum atomic E-state index is 6.46. The lowest BCUT2D eigenvalue weighted by atomic mass is 9.97. The Morgan fingerprint density at radius 2 is 0.722 bits per heavy atom. The van der Waals surface area contributed by atoms with E-state index < -0.39 is 0 Å². The molecule has 2 aromatic heterocycles. The van der Waals surface area contributed by atoms with Crippen molar-refractivity contribution in [3.05, 3.63) is 303 Å². The Kier molecular flexibility index (Phi) is 11.2. The molecular weight excluding hydrogens is 957 g/mol. The first kappa shape index (κ1) is 45.9. The molecule has 0 amide bonds. The van der Waals surface area contributed by atoms with Crippen molar-refractivity contribution in [1.82, 2.24) is 4.57 Å². The lowest BCUT2D eigenvalue weighted by Crippen LogP contribution is -2.09. The lowest BCUT2D eigenvalue weighted by molar-refractivity contribution is 0.670. The van der Waals surface area contributed by atoms with Gasteiger partial charge in [0.05, 0.1) is 16.7 Å². The number of hydrogen-bond acceptors (Lipinski definition) is 2. The van der Waals surface area contributed by atoms with E-state index in [-0.39, 0.29) is 0 Å². The molecule has 79 heavy (non-hydrogen) atoms. The summed E-state index contributed by atoms with van der Waals surface area (Å²) in [5.41, 5.74) is 22.5. The summed E-state index contributed by atoms with van der Waals surface area (Å²) in [6.07, 6.45) is 0. The van der Waals surface area contributed by atoms with Crippen molar-refractivity contribution in [3.8, 4) is 72.4 Å². The van der Waals surface area contributed by atoms with Crippen LogP contribution >= 0.6 is 0 Å². The number of fused-ring (bicyclic) bond motifs is 7. The first-order chi connectivity index (χ1) is 39.2. The molecule has 0 unspecified atom stereocenters. The minimum absolute atomic E-state index is 0.900. The van der Waals surface area contributed by atoms with E-state index in [4.69, 9.17) is 4.42 Å². The van der Waals surface area contributed by atoms with Gasteiger partial charge in [0.15, 0.2) is 0 Å². The zero-order valence-corrected chi connectivity index (χ0v) is 43.2. The molecule has 0 saturated carbocycles. The van der Waals surface area contributed by atoms with Crippen molar-refractivity contribution in [2.24, 2.45) is 0 Å². The molecule has 3 nitrogen and oxygen atoms in total. The molecule has 0 aliphatic carbocycles. The highest BCUT2D eigenvalue weighted by atomic mass is 16.3. The smallest absolute Gasteiger partial charge is 0.143 e. The van der Waals surface area contributed by atoms with Gasteiger partial charge in [-0.2, -0.15) is 0 Å². The molecule has 2 heterocycles. The summed E-state index contributed by atoms with van der Waals surface area (Å²) in [5.74, 6) is 0. The van der Waals surface area contributed by atoms with Crippen molar-refractivity contribution in [2.75, 3.05) is 4.90 Å². The van der Waals surface area contributed by atoms with E-state index in [1.165, 1.54) is 71.5 Å². The molecule has 0 spiro atoms. The third kappa shape index (κ3) is 8.16. The summed E-state index contributed by atoms with van der Waals surface area (Å²) in [6.45, 7) is 0. The van der Waals surface area contributed by atoms with Crippen molar-refractivity contribution < 1.29 is 4.42 Å². The van der Waals surface area contributed by atoms with Crippen LogP contribution in [0.1, 0.15) is 0 Å². The number of nitrogens with zero attached hydrogens (tertiary/aromatic N) is 2. The third-order valence-electron chi connectivity index (χ3n) is 15.8. The highest BCUT2D eigenvalue weighted by Gasteiger charge is 2.20. The van der Waals surface area contributed by atoms with Crippen molar-refractivity contribution in [1.29, 1.82) is 0 Å². The largest absolute Gasteiger partial charge is 0.455 e. The molecule has 0 N–H and O–H groups in total. The average molecular weight is 1010 g/mol. The minimum Gasteiger partial charge on any atom is -0.455 e. The predicted molar refractivity (Wildman–Crippen MR) is 333 cm³/mol. The minimum atomic E-state index is 0.900. The van der Waals surface area contributed by atoms with E-state index in [9.17, 15) is 0 Å². The van der Waals surface area contributed by atoms with Crippen LogP contribution in [-0.2, 0) is 0 Å². The van der Waals surface area contributed by atoms with Crippen LogP contribution in [0.5, 0.6) is 0 Å². The first-order valence-electron chi connectivity index (χ1n) is 27.1. The van der Waals surface area contributed by atoms with Gasteiger partial charge >= 0.3 is 0 Å². The average Bonchev–Trinajstić information content (AvgIpc) is 4.26.